The molecule has 0 atom stereocenters. The van der Waals surface area contributed by atoms with Crippen LogP contribution in [0.15, 0.2) is 36.8 Å². The number of benzene rings is 1. The van der Waals surface area contributed by atoms with E-state index < -0.39 is 0 Å². The molecule has 1 aromatic carbocycles. The monoisotopic (exact) mass is 284 g/mol. The van der Waals surface area contributed by atoms with Gasteiger partial charge < -0.3 is 15.2 Å². The highest BCUT2D eigenvalue weighted by Crippen LogP contribution is 2.29. The van der Waals surface area contributed by atoms with Gasteiger partial charge in [-0.25, -0.2) is 4.98 Å². The van der Waals surface area contributed by atoms with E-state index in [0.717, 1.165) is 11.1 Å². The van der Waals surface area contributed by atoms with Crippen LogP contribution in [0.3, 0.4) is 0 Å². The molecule has 6 heteroatoms. The number of nitrogen functional groups attached to an aromatic ring is 1. The van der Waals surface area contributed by atoms with Crippen molar-refractivity contribution in [1.29, 1.82) is 0 Å². The van der Waals surface area contributed by atoms with Crippen LogP contribution < -0.4 is 15.2 Å². The summed E-state index contributed by atoms with van der Waals surface area (Å²) in [6.45, 7) is 0. The van der Waals surface area contributed by atoms with Gasteiger partial charge in [-0.15, -0.1) is 0 Å². The third-order valence-electron chi connectivity index (χ3n) is 3.34. The number of nitrogens with two attached hydrogens (primary N) is 1. The second kappa shape index (κ2) is 5.32. The van der Waals surface area contributed by atoms with E-state index in [-0.39, 0.29) is 0 Å². The molecule has 21 heavy (non-hydrogen) atoms. The van der Waals surface area contributed by atoms with Crippen molar-refractivity contribution in [1.82, 2.24) is 14.4 Å². The van der Waals surface area contributed by atoms with Gasteiger partial charge in [0.25, 0.3) is 0 Å². The van der Waals surface area contributed by atoms with Crippen molar-refractivity contribution >= 4 is 11.6 Å². The van der Waals surface area contributed by atoms with Gasteiger partial charge in [0.15, 0.2) is 11.5 Å². The minimum absolute atomic E-state index is 0.489. The molecule has 3 aromatic rings. The van der Waals surface area contributed by atoms with Crippen LogP contribution >= 0.6 is 0 Å². The van der Waals surface area contributed by atoms with Gasteiger partial charge >= 0.3 is 0 Å². The number of hydrogen-bond donors (Lipinski definition) is 1. The fraction of sp³-hybridized carbons (Fsp3) is 0.200. The Morgan fingerprint density at radius 1 is 1.19 bits per heavy atom. The normalized spacial score (nSPS) is 10.8. The first-order valence-corrected chi connectivity index (χ1v) is 6.50. The molecule has 0 spiro atoms. The molecular formula is C15H16N4O2. The van der Waals surface area contributed by atoms with E-state index in [1.165, 1.54) is 0 Å². The lowest BCUT2D eigenvalue weighted by Crippen LogP contribution is -2.03. The maximum atomic E-state index is 6.00. The number of nitrogens with zero attached hydrogens (tertiary/aromatic N) is 3. The number of hydrogen-bond acceptors (Lipinski definition) is 5. The van der Waals surface area contributed by atoms with Crippen LogP contribution in [-0.4, -0.2) is 28.6 Å². The van der Waals surface area contributed by atoms with Crippen LogP contribution in [0.4, 0.5) is 5.82 Å². The first-order valence-electron chi connectivity index (χ1n) is 6.50. The first kappa shape index (κ1) is 13.2. The van der Waals surface area contributed by atoms with Crippen LogP contribution in [0, 0.1) is 0 Å². The zero-order chi connectivity index (χ0) is 14.8. The SMILES string of the molecule is COc1ccc(Cc2cn3ccnc3nc2N)cc1OC. The first-order chi connectivity index (χ1) is 10.2. The van der Waals surface area contributed by atoms with Crippen molar-refractivity contribution in [3.63, 3.8) is 0 Å². The van der Waals surface area contributed by atoms with Gasteiger partial charge in [-0.2, -0.15) is 4.98 Å². The molecule has 0 radical (unpaired) electrons. The number of methoxy groups -OCH3 is 2. The van der Waals surface area contributed by atoms with Crippen molar-refractivity contribution < 1.29 is 9.47 Å². The average molecular weight is 284 g/mol. The summed E-state index contributed by atoms with van der Waals surface area (Å²) in [5, 5.41) is 0. The third kappa shape index (κ3) is 2.47. The summed E-state index contributed by atoms with van der Waals surface area (Å²) in [5.74, 6) is 2.50. The van der Waals surface area contributed by atoms with E-state index in [1.54, 1.807) is 20.4 Å². The van der Waals surface area contributed by atoms with Crippen molar-refractivity contribution in [3.8, 4) is 11.5 Å². The molecule has 2 N–H and O–H groups in total. The number of anilines is 1. The van der Waals surface area contributed by atoms with Crippen LogP contribution in [0.1, 0.15) is 11.1 Å². The van der Waals surface area contributed by atoms with Gasteiger partial charge in [0.2, 0.25) is 5.78 Å². The summed E-state index contributed by atoms with van der Waals surface area (Å²) < 4.78 is 12.4. The minimum atomic E-state index is 0.489. The quantitative estimate of drug-likeness (QED) is 0.792. The maximum Gasteiger partial charge on any atom is 0.235 e. The molecule has 0 saturated heterocycles. The molecular weight excluding hydrogens is 268 g/mol. The van der Waals surface area contributed by atoms with Gasteiger partial charge in [-0.05, 0) is 17.7 Å². The molecule has 0 aliphatic carbocycles. The average Bonchev–Trinajstić information content (AvgIpc) is 2.94. The number of ether oxygens (including phenoxy) is 2. The Bertz CT molecular complexity index is 782. The number of imidazole rings is 1. The lowest BCUT2D eigenvalue weighted by atomic mass is 10.1. The molecule has 0 bridgehead atoms. The largest absolute Gasteiger partial charge is 0.493 e. The van der Waals surface area contributed by atoms with E-state index >= 15 is 0 Å². The second-order valence-corrected chi connectivity index (χ2v) is 4.65. The topological polar surface area (TPSA) is 74.7 Å². The summed E-state index contributed by atoms with van der Waals surface area (Å²) >= 11 is 0. The third-order valence-corrected chi connectivity index (χ3v) is 3.34. The lowest BCUT2D eigenvalue weighted by molar-refractivity contribution is 0.354. The van der Waals surface area contributed by atoms with Crippen molar-refractivity contribution in [2.24, 2.45) is 0 Å². The number of aromatic nitrogens is 3. The Labute approximate surface area is 122 Å². The fourth-order valence-corrected chi connectivity index (χ4v) is 2.25. The molecule has 0 unspecified atom stereocenters. The number of fused-ring (bicyclic) bond motifs is 1. The fourth-order valence-electron chi connectivity index (χ4n) is 2.25. The summed E-state index contributed by atoms with van der Waals surface area (Å²) in [6, 6.07) is 5.81. The standard InChI is InChI=1S/C15H16N4O2/c1-20-12-4-3-10(8-13(12)21-2)7-11-9-19-6-5-17-15(19)18-14(11)16/h3-6,8-9H,7H2,1-2H3,(H2,16,17,18). The summed E-state index contributed by atoms with van der Waals surface area (Å²) in [4.78, 5) is 8.39. The molecule has 0 aliphatic heterocycles. The van der Waals surface area contributed by atoms with Crippen LogP contribution in [0.2, 0.25) is 0 Å². The van der Waals surface area contributed by atoms with Gasteiger partial charge in [-0.1, -0.05) is 6.07 Å². The van der Waals surface area contributed by atoms with Crippen LogP contribution in [-0.2, 0) is 6.42 Å². The van der Waals surface area contributed by atoms with Gasteiger partial charge in [0.05, 0.1) is 14.2 Å². The molecule has 6 nitrogen and oxygen atoms in total. The Balaban J connectivity index is 1.96. The number of rotatable bonds is 4. The Kier molecular flexibility index (Phi) is 3.35. The highest BCUT2D eigenvalue weighted by Gasteiger charge is 2.09. The predicted octanol–water partition coefficient (Wildman–Crippen LogP) is 1.92. The van der Waals surface area contributed by atoms with E-state index in [9.17, 15) is 0 Å². The van der Waals surface area contributed by atoms with Crippen LogP contribution in [0.25, 0.3) is 5.78 Å². The molecule has 3 rings (SSSR count). The Morgan fingerprint density at radius 2 is 2.00 bits per heavy atom. The minimum Gasteiger partial charge on any atom is -0.493 e. The van der Waals surface area contributed by atoms with Gasteiger partial charge in [0, 0.05) is 30.6 Å². The molecule has 0 aliphatic rings. The van der Waals surface area contributed by atoms with Gasteiger partial charge in [-0.3, -0.25) is 4.40 Å². The highest BCUT2D eigenvalue weighted by atomic mass is 16.5. The lowest BCUT2D eigenvalue weighted by Gasteiger charge is -2.10. The smallest absolute Gasteiger partial charge is 0.235 e. The van der Waals surface area contributed by atoms with E-state index in [4.69, 9.17) is 15.2 Å². The van der Waals surface area contributed by atoms with Crippen molar-refractivity contribution in [2.45, 2.75) is 6.42 Å². The van der Waals surface area contributed by atoms with Gasteiger partial charge in [0.1, 0.15) is 5.82 Å². The van der Waals surface area contributed by atoms with E-state index in [1.807, 2.05) is 35.0 Å². The molecule has 2 aromatic heterocycles. The summed E-state index contributed by atoms with van der Waals surface area (Å²) in [6.07, 6.45) is 6.15. The Morgan fingerprint density at radius 3 is 2.76 bits per heavy atom. The maximum absolute atomic E-state index is 6.00. The second-order valence-electron chi connectivity index (χ2n) is 4.65. The van der Waals surface area contributed by atoms with Crippen molar-refractivity contribution in [2.75, 3.05) is 20.0 Å². The molecule has 0 amide bonds. The summed E-state index contributed by atoms with van der Waals surface area (Å²) in [5.41, 5.74) is 8.01. The molecule has 0 fully saturated rings. The van der Waals surface area contributed by atoms with E-state index in [2.05, 4.69) is 9.97 Å². The van der Waals surface area contributed by atoms with Crippen LogP contribution in [0.5, 0.6) is 11.5 Å². The molecule has 0 saturated carbocycles. The Hall–Kier alpha value is -2.76. The highest BCUT2D eigenvalue weighted by molar-refractivity contribution is 5.49. The molecule has 108 valence electrons. The molecule has 2 heterocycles. The predicted molar refractivity (Wildman–Crippen MR) is 79.8 cm³/mol. The van der Waals surface area contributed by atoms with Crippen molar-refractivity contribution in [3.05, 3.63) is 47.9 Å². The van der Waals surface area contributed by atoms with E-state index in [0.29, 0.717) is 29.5 Å². The summed E-state index contributed by atoms with van der Waals surface area (Å²) in [7, 11) is 3.24. The zero-order valence-electron chi connectivity index (χ0n) is 11.9. The zero-order valence-corrected chi connectivity index (χ0v) is 11.9.